The number of rotatable bonds is 4. The zero-order valence-corrected chi connectivity index (χ0v) is 8.15. The fourth-order valence-corrected chi connectivity index (χ4v) is 0.757. The van der Waals surface area contributed by atoms with Gasteiger partial charge in [-0.1, -0.05) is 19.1 Å². The van der Waals surface area contributed by atoms with Crippen molar-refractivity contribution < 1.29 is 0 Å². The first-order valence-corrected chi connectivity index (χ1v) is 4.19. The predicted octanol–water partition coefficient (Wildman–Crippen LogP) is 2.81. The highest BCUT2D eigenvalue weighted by molar-refractivity contribution is 5.18. The molecule has 0 unspecified atom stereocenters. The Balaban J connectivity index is 4.09. The lowest BCUT2D eigenvalue weighted by molar-refractivity contribution is 0.442. The van der Waals surface area contributed by atoms with Gasteiger partial charge in [0.25, 0.3) is 0 Å². The molecular weight excluding hydrogens is 134 g/mol. The molecule has 0 rings (SSSR count). The SMILES string of the molecule is C=C(/C=C(\C)N(C)CC)CC. The van der Waals surface area contributed by atoms with E-state index < -0.39 is 0 Å². The van der Waals surface area contributed by atoms with Gasteiger partial charge in [-0.15, -0.1) is 0 Å². The van der Waals surface area contributed by atoms with Gasteiger partial charge in [-0.2, -0.15) is 0 Å². The van der Waals surface area contributed by atoms with E-state index in [9.17, 15) is 0 Å². The highest BCUT2D eigenvalue weighted by Gasteiger charge is 1.94. The van der Waals surface area contributed by atoms with Crippen molar-refractivity contribution in [1.82, 2.24) is 4.90 Å². The zero-order valence-electron chi connectivity index (χ0n) is 8.15. The first-order chi connectivity index (χ1) is 5.11. The van der Waals surface area contributed by atoms with Crippen LogP contribution in [0.4, 0.5) is 0 Å². The fourth-order valence-electron chi connectivity index (χ4n) is 0.757. The second kappa shape index (κ2) is 5.00. The molecule has 0 saturated heterocycles. The summed E-state index contributed by atoms with van der Waals surface area (Å²) in [5, 5.41) is 0. The molecule has 0 fully saturated rings. The average molecular weight is 153 g/mol. The van der Waals surface area contributed by atoms with E-state index in [1.807, 2.05) is 0 Å². The van der Waals surface area contributed by atoms with Gasteiger partial charge in [-0.05, 0) is 26.3 Å². The van der Waals surface area contributed by atoms with Gasteiger partial charge in [0.2, 0.25) is 0 Å². The van der Waals surface area contributed by atoms with Gasteiger partial charge < -0.3 is 4.90 Å². The summed E-state index contributed by atoms with van der Waals surface area (Å²) in [5.41, 5.74) is 2.49. The molecule has 0 bridgehead atoms. The van der Waals surface area contributed by atoms with Crippen LogP contribution in [-0.4, -0.2) is 18.5 Å². The molecule has 1 nitrogen and oxygen atoms in total. The molecule has 0 aromatic carbocycles. The number of hydrogen-bond acceptors (Lipinski definition) is 1. The van der Waals surface area contributed by atoms with E-state index in [-0.39, 0.29) is 0 Å². The molecule has 0 amide bonds. The Hall–Kier alpha value is -0.720. The normalized spacial score (nSPS) is 11.5. The summed E-state index contributed by atoms with van der Waals surface area (Å²) in [6, 6.07) is 0. The first-order valence-electron chi connectivity index (χ1n) is 4.19. The molecule has 0 aliphatic heterocycles. The predicted molar refractivity (Wildman–Crippen MR) is 51.5 cm³/mol. The molecule has 0 N–H and O–H groups in total. The van der Waals surface area contributed by atoms with Crippen LogP contribution in [0.2, 0.25) is 0 Å². The van der Waals surface area contributed by atoms with Crippen molar-refractivity contribution >= 4 is 0 Å². The summed E-state index contributed by atoms with van der Waals surface area (Å²) < 4.78 is 0. The van der Waals surface area contributed by atoms with Crippen LogP contribution in [0.15, 0.2) is 23.9 Å². The molecule has 0 spiro atoms. The average Bonchev–Trinajstić information content (AvgIpc) is 2.02. The molecule has 0 atom stereocenters. The molecule has 64 valence electrons. The third kappa shape index (κ3) is 3.87. The maximum Gasteiger partial charge on any atom is 0.0143 e. The zero-order chi connectivity index (χ0) is 8.85. The van der Waals surface area contributed by atoms with Gasteiger partial charge in [0.05, 0.1) is 0 Å². The molecule has 0 aromatic heterocycles. The Labute approximate surface area is 70.4 Å². The lowest BCUT2D eigenvalue weighted by atomic mass is 10.2. The Morgan fingerprint density at radius 2 is 2.00 bits per heavy atom. The molecule has 0 aliphatic rings. The quantitative estimate of drug-likeness (QED) is 0.561. The van der Waals surface area contributed by atoms with Gasteiger partial charge in [0.15, 0.2) is 0 Å². The Bertz CT molecular complexity index is 156. The highest BCUT2D eigenvalue weighted by Crippen LogP contribution is 2.06. The van der Waals surface area contributed by atoms with Crippen molar-refractivity contribution in [2.75, 3.05) is 13.6 Å². The maximum absolute atomic E-state index is 3.93. The highest BCUT2D eigenvalue weighted by atomic mass is 15.1. The van der Waals surface area contributed by atoms with Crippen molar-refractivity contribution in [2.24, 2.45) is 0 Å². The van der Waals surface area contributed by atoms with Crippen molar-refractivity contribution in [3.63, 3.8) is 0 Å². The minimum atomic E-state index is 1.04. The third-order valence-electron chi connectivity index (χ3n) is 1.94. The minimum Gasteiger partial charge on any atom is -0.378 e. The molecule has 11 heavy (non-hydrogen) atoms. The van der Waals surface area contributed by atoms with Crippen LogP contribution in [0.1, 0.15) is 27.2 Å². The van der Waals surface area contributed by atoms with Gasteiger partial charge in [0.1, 0.15) is 0 Å². The largest absolute Gasteiger partial charge is 0.378 e. The van der Waals surface area contributed by atoms with E-state index in [0.717, 1.165) is 13.0 Å². The van der Waals surface area contributed by atoms with Crippen molar-refractivity contribution in [3.8, 4) is 0 Å². The van der Waals surface area contributed by atoms with Crippen LogP contribution in [0.3, 0.4) is 0 Å². The number of hydrogen-bond donors (Lipinski definition) is 0. The molecule has 0 saturated carbocycles. The summed E-state index contributed by atoms with van der Waals surface area (Å²) in [4.78, 5) is 2.21. The maximum atomic E-state index is 3.93. The molecule has 0 aliphatic carbocycles. The molecular formula is C10H19N. The Morgan fingerprint density at radius 3 is 2.36 bits per heavy atom. The monoisotopic (exact) mass is 153 g/mol. The van der Waals surface area contributed by atoms with Crippen LogP contribution in [-0.2, 0) is 0 Å². The van der Waals surface area contributed by atoms with E-state index in [1.54, 1.807) is 0 Å². The van der Waals surface area contributed by atoms with E-state index in [1.165, 1.54) is 11.3 Å². The summed E-state index contributed by atoms with van der Waals surface area (Å²) in [6.45, 7) is 11.4. The summed E-state index contributed by atoms with van der Waals surface area (Å²) in [7, 11) is 2.09. The molecule has 1 heteroatoms. The Kier molecular flexibility index (Phi) is 4.67. The topological polar surface area (TPSA) is 3.24 Å². The van der Waals surface area contributed by atoms with Gasteiger partial charge >= 0.3 is 0 Å². The summed E-state index contributed by atoms with van der Waals surface area (Å²) in [6.07, 6.45) is 3.18. The van der Waals surface area contributed by atoms with Gasteiger partial charge in [0, 0.05) is 19.3 Å². The first kappa shape index (κ1) is 10.3. The van der Waals surface area contributed by atoms with Crippen LogP contribution >= 0.6 is 0 Å². The van der Waals surface area contributed by atoms with Gasteiger partial charge in [-0.25, -0.2) is 0 Å². The standard InChI is InChI=1S/C10H19N/c1-6-9(3)8-10(4)11(5)7-2/h8H,3,6-7H2,1-2,4-5H3/b10-8+. The van der Waals surface area contributed by atoms with Gasteiger partial charge in [-0.3, -0.25) is 0 Å². The fraction of sp³-hybridized carbons (Fsp3) is 0.600. The van der Waals surface area contributed by atoms with E-state index in [4.69, 9.17) is 0 Å². The lowest BCUT2D eigenvalue weighted by Crippen LogP contribution is -2.14. The summed E-state index contributed by atoms with van der Waals surface area (Å²) >= 11 is 0. The van der Waals surface area contributed by atoms with Crippen LogP contribution in [0.5, 0.6) is 0 Å². The lowest BCUT2D eigenvalue weighted by Gasteiger charge is -2.17. The van der Waals surface area contributed by atoms with Crippen LogP contribution < -0.4 is 0 Å². The van der Waals surface area contributed by atoms with Crippen molar-refractivity contribution in [1.29, 1.82) is 0 Å². The molecule has 0 aromatic rings. The third-order valence-corrected chi connectivity index (χ3v) is 1.94. The van der Waals surface area contributed by atoms with Crippen molar-refractivity contribution in [2.45, 2.75) is 27.2 Å². The number of nitrogens with zero attached hydrogens (tertiary/aromatic N) is 1. The second-order valence-electron chi connectivity index (χ2n) is 2.81. The Morgan fingerprint density at radius 1 is 1.45 bits per heavy atom. The molecule has 0 heterocycles. The minimum absolute atomic E-state index is 1.04. The second-order valence-corrected chi connectivity index (χ2v) is 2.81. The van der Waals surface area contributed by atoms with Crippen LogP contribution in [0, 0.1) is 0 Å². The summed E-state index contributed by atoms with van der Waals surface area (Å²) in [5.74, 6) is 0. The smallest absolute Gasteiger partial charge is 0.0143 e. The van der Waals surface area contributed by atoms with Crippen molar-refractivity contribution in [3.05, 3.63) is 23.9 Å². The number of allylic oxidation sites excluding steroid dienone is 3. The molecule has 0 radical (unpaired) electrons. The van der Waals surface area contributed by atoms with E-state index in [2.05, 4.69) is 45.4 Å². The van der Waals surface area contributed by atoms with E-state index in [0.29, 0.717) is 0 Å². The van der Waals surface area contributed by atoms with Crippen LogP contribution in [0.25, 0.3) is 0 Å². The van der Waals surface area contributed by atoms with E-state index >= 15 is 0 Å².